The topological polar surface area (TPSA) is 49.4 Å². The molecule has 1 N–H and O–H groups in total. The van der Waals surface area contributed by atoms with Crippen molar-refractivity contribution in [3.8, 4) is 0 Å². The molecular formula is C18H16ClFN2O2S. The van der Waals surface area contributed by atoms with Gasteiger partial charge in [-0.25, -0.2) is 4.39 Å². The summed E-state index contributed by atoms with van der Waals surface area (Å²) >= 11 is 7.27. The van der Waals surface area contributed by atoms with Crippen LogP contribution in [-0.2, 0) is 9.59 Å². The first-order chi connectivity index (χ1) is 12.0. The molecule has 25 heavy (non-hydrogen) atoms. The van der Waals surface area contributed by atoms with Crippen LogP contribution in [0.3, 0.4) is 0 Å². The molecule has 0 aliphatic carbocycles. The molecular weight excluding hydrogens is 363 g/mol. The molecule has 2 amide bonds. The maximum absolute atomic E-state index is 13.2. The minimum absolute atomic E-state index is 0.0366. The SMILES string of the molecule is C[C@@H](Cl)C(=O)Nc1cccc([C@@H]2SCC(=O)N2c2ccc(F)cc2)c1. The summed E-state index contributed by atoms with van der Waals surface area (Å²) in [6, 6.07) is 13.2. The molecule has 3 rings (SSSR count). The summed E-state index contributed by atoms with van der Waals surface area (Å²) < 4.78 is 13.2. The summed E-state index contributed by atoms with van der Waals surface area (Å²) in [5.41, 5.74) is 2.14. The molecule has 0 spiro atoms. The first kappa shape index (κ1) is 17.8. The second-order valence-corrected chi connectivity index (χ2v) is 7.36. The molecule has 2 atom stereocenters. The normalized spacial score (nSPS) is 18.3. The molecule has 0 unspecified atom stereocenters. The fourth-order valence-corrected chi connectivity index (χ4v) is 3.78. The average Bonchev–Trinajstić information content (AvgIpc) is 2.97. The average molecular weight is 379 g/mol. The Morgan fingerprint density at radius 2 is 2.04 bits per heavy atom. The highest BCUT2D eigenvalue weighted by Gasteiger charge is 2.34. The second kappa shape index (κ2) is 7.45. The number of hydrogen-bond acceptors (Lipinski definition) is 3. The minimum atomic E-state index is -0.637. The highest BCUT2D eigenvalue weighted by molar-refractivity contribution is 8.00. The summed E-state index contributed by atoms with van der Waals surface area (Å²) in [5, 5.41) is 1.87. The molecule has 7 heteroatoms. The van der Waals surface area contributed by atoms with Crippen LogP contribution in [0.4, 0.5) is 15.8 Å². The number of thioether (sulfide) groups is 1. The Morgan fingerprint density at radius 3 is 2.72 bits per heavy atom. The van der Waals surface area contributed by atoms with Crippen LogP contribution in [0.1, 0.15) is 17.9 Å². The summed E-state index contributed by atoms with van der Waals surface area (Å²) in [6.07, 6.45) is 0. The van der Waals surface area contributed by atoms with Crippen molar-refractivity contribution in [1.29, 1.82) is 0 Å². The van der Waals surface area contributed by atoms with Crippen LogP contribution in [0.5, 0.6) is 0 Å². The smallest absolute Gasteiger partial charge is 0.242 e. The van der Waals surface area contributed by atoms with Gasteiger partial charge in [0, 0.05) is 11.4 Å². The van der Waals surface area contributed by atoms with Gasteiger partial charge in [-0.3, -0.25) is 14.5 Å². The highest BCUT2D eigenvalue weighted by Crippen LogP contribution is 2.42. The molecule has 1 aliphatic heterocycles. The van der Waals surface area contributed by atoms with E-state index in [0.29, 0.717) is 17.1 Å². The van der Waals surface area contributed by atoms with E-state index in [9.17, 15) is 14.0 Å². The van der Waals surface area contributed by atoms with Gasteiger partial charge in [-0.05, 0) is 48.9 Å². The maximum Gasteiger partial charge on any atom is 0.242 e. The number of hydrogen-bond donors (Lipinski definition) is 1. The number of nitrogens with zero attached hydrogens (tertiary/aromatic N) is 1. The van der Waals surface area contributed by atoms with Gasteiger partial charge in [0.1, 0.15) is 16.6 Å². The van der Waals surface area contributed by atoms with E-state index >= 15 is 0 Å². The van der Waals surface area contributed by atoms with Gasteiger partial charge in [-0.2, -0.15) is 0 Å². The largest absolute Gasteiger partial charge is 0.325 e. The van der Waals surface area contributed by atoms with Crippen molar-refractivity contribution in [3.63, 3.8) is 0 Å². The van der Waals surface area contributed by atoms with E-state index in [4.69, 9.17) is 11.6 Å². The lowest BCUT2D eigenvalue weighted by Gasteiger charge is -2.24. The van der Waals surface area contributed by atoms with Crippen molar-refractivity contribution in [3.05, 3.63) is 59.9 Å². The first-order valence-corrected chi connectivity index (χ1v) is 9.18. The van der Waals surface area contributed by atoms with Gasteiger partial charge in [0.15, 0.2) is 0 Å². The number of carbonyl (C=O) groups is 2. The molecule has 1 fully saturated rings. The molecule has 2 aromatic rings. The molecule has 4 nitrogen and oxygen atoms in total. The van der Waals surface area contributed by atoms with Crippen molar-refractivity contribution < 1.29 is 14.0 Å². The fraction of sp³-hybridized carbons (Fsp3) is 0.222. The van der Waals surface area contributed by atoms with Crippen LogP contribution in [0.2, 0.25) is 0 Å². The van der Waals surface area contributed by atoms with E-state index in [1.807, 2.05) is 18.2 Å². The molecule has 0 bridgehead atoms. The summed E-state index contributed by atoms with van der Waals surface area (Å²) in [4.78, 5) is 25.7. The quantitative estimate of drug-likeness (QED) is 0.812. The van der Waals surface area contributed by atoms with E-state index < -0.39 is 5.38 Å². The van der Waals surface area contributed by atoms with Crippen LogP contribution in [0.25, 0.3) is 0 Å². The van der Waals surface area contributed by atoms with Crippen LogP contribution in [0.15, 0.2) is 48.5 Å². The van der Waals surface area contributed by atoms with E-state index in [-0.39, 0.29) is 23.0 Å². The number of rotatable bonds is 4. The van der Waals surface area contributed by atoms with Crippen molar-refractivity contribution >= 4 is 46.6 Å². The van der Waals surface area contributed by atoms with Gasteiger partial charge in [-0.1, -0.05) is 12.1 Å². The van der Waals surface area contributed by atoms with Crippen LogP contribution in [0, 0.1) is 5.82 Å². The fourth-order valence-electron chi connectivity index (χ4n) is 2.56. The van der Waals surface area contributed by atoms with Crippen molar-refractivity contribution in [2.24, 2.45) is 0 Å². The van der Waals surface area contributed by atoms with E-state index in [2.05, 4.69) is 5.32 Å². The number of anilines is 2. The zero-order chi connectivity index (χ0) is 18.0. The Labute approximate surface area is 154 Å². The lowest BCUT2D eigenvalue weighted by Crippen LogP contribution is -2.28. The number of amides is 2. The number of carbonyl (C=O) groups excluding carboxylic acids is 2. The Kier molecular flexibility index (Phi) is 5.30. The van der Waals surface area contributed by atoms with Gasteiger partial charge in [0.25, 0.3) is 0 Å². The Hall–Kier alpha value is -2.05. The molecule has 0 radical (unpaired) electrons. The first-order valence-electron chi connectivity index (χ1n) is 7.70. The third kappa shape index (κ3) is 3.96. The standard InChI is InChI=1S/C18H16ClFN2O2S/c1-11(19)17(24)21-14-4-2-3-12(9-14)18-22(16(23)10-25-18)15-7-5-13(20)6-8-15/h2-9,11,18H,10H2,1H3,(H,21,24)/t11-,18+/m1/s1. The minimum Gasteiger partial charge on any atom is -0.325 e. The van der Waals surface area contributed by atoms with Gasteiger partial charge >= 0.3 is 0 Å². The van der Waals surface area contributed by atoms with Gasteiger partial charge in [0.2, 0.25) is 11.8 Å². The molecule has 0 saturated carbocycles. The van der Waals surface area contributed by atoms with E-state index in [0.717, 1.165) is 5.56 Å². The number of alkyl halides is 1. The molecule has 2 aromatic carbocycles. The highest BCUT2D eigenvalue weighted by atomic mass is 35.5. The molecule has 0 aromatic heterocycles. The van der Waals surface area contributed by atoms with Gasteiger partial charge in [-0.15, -0.1) is 23.4 Å². The Bertz CT molecular complexity index is 798. The third-order valence-electron chi connectivity index (χ3n) is 3.77. The Morgan fingerprint density at radius 1 is 1.32 bits per heavy atom. The summed E-state index contributed by atoms with van der Waals surface area (Å²) in [6.45, 7) is 1.60. The summed E-state index contributed by atoms with van der Waals surface area (Å²) in [7, 11) is 0. The molecule has 1 aliphatic rings. The number of benzene rings is 2. The zero-order valence-corrected chi connectivity index (χ0v) is 15.0. The number of nitrogens with one attached hydrogen (secondary N) is 1. The monoisotopic (exact) mass is 378 g/mol. The van der Waals surface area contributed by atoms with Crippen LogP contribution in [-0.4, -0.2) is 22.9 Å². The van der Waals surface area contributed by atoms with Crippen molar-refractivity contribution in [2.45, 2.75) is 17.7 Å². The zero-order valence-electron chi connectivity index (χ0n) is 13.4. The lowest BCUT2D eigenvalue weighted by atomic mass is 10.1. The predicted molar refractivity (Wildman–Crippen MR) is 99.5 cm³/mol. The lowest BCUT2D eigenvalue weighted by molar-refractivity contribution is -0.116. The van der Waals surface area contributed by atoms with E-state index in [1.165, 1.54) is 23.9 Å². The van der Waals surface area contributed by atoms with E-state index in [1.54, 1.807) is 30.0 Å². The maximum atomic E-state index is 13.2. The Balaban J connectivity index is 1.88. The van der Waals surface area contributed by atoms with Gasteiger partial charge in [0.05, 0.1) is 5.75 Å². The van der Waals surface area contributed by atoms with Crippen molar-refractivity contribution in [1.82, 2.24) is 0 Å². The molecule has 1 heterocycles. The molecule has 130 valence electrons. The van der Waals surface area contributed by atoms with Crippen LogP contribution < -0.4 is 10.2 Å². The molecule has 1 saturated heterocycles. The summed E-state index contributed by atoms with van der Waals surface area (Å²) in [5.74, 6) is -0.327. The number of halogens is 2. The third-order valence-corrected chi connectivity index (χ3v) is 5.18. The predicted octanol–water partition coefficient (Wildman–Crippen LogP) is 4.17. The second-order valence-electron chi connectivity index (χ2n) is 5.63. The van der Waals surface area contributed by atoms with Crippen molar-refractivity contribution in [2.75, 3.05) is 16.0 Å². The van der Waals surface area contributed by atoms with Crippen LogP contribution >= 0.6 is 23.4 Å². The van der Waals surface area contributed by atoms with Gasteiger partial charge < -0.3 is 5.32 Å².